The number of aromatic nitrogens is 3. The Kier molecular flexibility index (Phi) is 2.72. The van der Waals surface area contributed by atoms with Crippen molar-refractivity contribution in [2.75, 3.05) is 0 Å². The SMILES string of the molecule is C/C=C/c1csc(-c2c(C)nn3ccccc23)n1. The lowest BCUT2D eigenvalue weighted by atomic mass is 10.2. The van der Waals surface area contributed by atoms with E-state index >= 15 is 0 Å². The third kappa shape index (κ3) is 1.75. The van der Waals surface area contributed by atoms with Crippen molar-refractivity contribution in [2.45, 2.75) is 13.8 Å². The van der Waals surface area contributed by atoms with Crippen LogP contribution in [0.2, 0.25) is 0 Å². The van der Waals surface area contributed by atoms with Crippen LogP contribution in [0.5, 0.6) is 0 Å². The molecule has 0 aliphatic carbocycles. The summed E-state index contributed by atoms with van der Waals surface area (Å²) >= 11 is 1.66. The number of allylic oxidation sites excluding steroid dienone is 1. The van der Waals surface area contributed by atoms with Crippen LogP contribution < -0.4 is 0 Å². The van der Waals surface area contributed by atoms with Gasteiger partial charge in [-0.3, -0.25) is 0 Å². The fourth-order valence-electron chi connectivity index (χ4n) is 2.03. The first-order valence-electron chi connectivity index (χ1n) is 5.82. The number of rotatable bonds is 2. The third-order valence-corrected chi connectivity index (χ3v) is 3.67. The second-order valence-corrected chi connectivity index (χ2v) is 4.93. The van der Waals surface area contributed by atoms with Crippen LogP contribution in [0, 0.1) is 6.92 Å². The lowest BCUT2D eigenvalue weighted by molar-refractivity contribution is 0.934. The summed E-state index contributed by atoms with van der Waals surface area (Å²) in [5.74, 6) is 0. The van der Waals surface area contributed by atoms with E-state index in [4.69, 9.17) is 0 Å². The van der Waals surface area contributed by atoms with Crippen LogP contribution in [-0.2, 0) is 0 Å². The summed E-state index contributed by atoms with van der Waals surface area (Å²) in [7, 11) is 0. The lowest BCUT2D eigenvalue weighted by Crippen LogP contribution is -1.83. The largest absolute Gasteiger partial charge is 0.240 e. The number of aryl methyl sites for hydroxylation is 1. The summed E-state index contributed by atoms with van der Waals surface area (Å²) in [5.41, 5.74) is 4.27. The molecule has 3 nitrogen and oxygen atoms in total. The molecule has 0 atom stereocenters. The monoisotopic (exact) mass is 255 g/mol. The van der Waals surface area contributed by atoms with Crippen molar-refractivity contribution >= 4 is 22.9 Å². The quantitative estimate of drug-likeness (QED) is 0.697. The molecule has 3 rings (SSSR count). The standard InChI is InChI=1S/C14H13N3S/c1-3-6-11-9-18-14(15-11)13-10(2)16-17-8-5-4-7-12(13)17/h3-9H,1-2H3/b6-3+. The maximum Gasteiger partial charge on any atom is 0.128 e. The molecule has 18 heavy (non-hydrogen) atoms. The van der Waals surface area contributed by atoms with E-state index < -0.39 is 0 Å². The average molecular weight is 255 g/mol. The van der Waals surface area contributed by atoms with Crippen molar-refractivity contribution < 1.29 is 0 Å². The van der Waals surface area contributed by atoms with Crippen LogP contribution in [-0.4, -0.2) is 14.6 Å². The van der Waals surface area contributed by atoms with Gasteiger partial charge in [0.25, 0.3) is 0 Å². The van der Waals surface area contributed by atoms with Gasteiger partial charge < -0.3 is 0 Å². The van der Waals surface area contributed by atoms with Crippen molar-refractivity contribution in [1.82, 2.24) is 14.6 Å². The smallest absolute Gasteiger partial charge is 0.128 e. The first-order chi connectivity index (χ1) is 8.79. The van der Waals surface area contributed by atoms with Crippen molar-refractivity contribution in [3.05, 3.63) is 47.2 Å². The number of fused-ring (bicyclic) bond motifs is 1. The lowest BCUT2D eigenvalue weighted by Gasteiger charge is -1.94. The Labute approximate surface area is 109 Å². The normalized spacial score (nSPS) is 11.7. The molecule has 0 saturated carbocycles. The van der Waals surface area contributed by atoms with E-state index in [1.165, 1.54) is 0 Å². The fraction of sp³-hybridized carbons (Fsp3) is 0.143. The van der Waals surface area contributed by atoms with Crippen LogP contribution in [0.4, 0.5) is 0 Å². The zero-order valence-electron chi connectivity index (χ0n) is 10.3. The Morgan fingerprint density at radius 1 is 1.33 bits per heavy atom. The average Bonchev–Trinajstić information content (AvgIpc) is 2.92. The van der Waals surface area contributed by atoms with Gasteiger partial charge in [-0.2, -0.15) is 5.10 Å². The maximum absolute atomic E-state index is 4.63. The van der Waals surface area contributed by atoms with E-state index in [9.17, 15) is 0 Å². The van der Waals surface area contributed by atoms with E-state index in [0.717, 1.165) is 27.5 Å². The number of hydrogen-bond donors (Lipinski definition) is 0. The summed E-state index contributed by atoms with van der Waals surface area (Å²) in [4.78, 5) is 4.63. The van der Waals surface area contributed by atoms with Gasteiger partial charge in [0.15, 0.2) is 0 Å². The van der Waals surface area contributed by atoms with Crippen molar-refractivity contribution in [2.24, 2.45) is 0 Å². The Balaban J connectivity index is 2.20. The van der Waals surface area contributed by atoms with E-state index in [2.05, 4.69) is 21.5 Å². The van der Waals surface area contributed by atoms with Crippen LogP contribution in [0.15, 0.2) is 35.9 Å². The Morgan fingerprint density at radius 3 is 3.06 bits per heavy atom. The molecule has 0 amide bonds. The van der Waals surface area contributed by atoms with Crippen molar-refractivity contribution in [3.8, 4) is 10.6 Å². The van der Waals surface area contributed by atoms with Gasteiger partial charge in [0.2, 0.25) is 0 Å². The van der Waals surface area contributed by atoms with Gasteiger partial charge in [0.05, 0.1) is 22.5 Å². The summed E-state index contributed by atoms with van der Waals surface area (Å²) in [6.45, 7) is 4.03. The van der Waals surface area contributed by atoms with Gasteiger partial charge >= 0.3 is 0 Å². The molecule has 0 aromatic carbocycles. The predicted molar refractivity (Wildman–Crippen MR) is 75.7 cm³/mol. The van der Waals surface area contributed by atoms with Gasteiger partial charge in [0.1, 0.15) is 5.01 Å². The molecule has 0 N–H and O–H groups in total. The summed E-state index contributed by atoms with van der Waals surface area (Å²) in [6.07, 6.45) is 5.98. The topological polar surface area (TPSA) is 30.2 Å². The second-order valence-electron chi connectivity index (χ2n) is 4.07. The Hall–Kier alpha value is -1.94. The second kappa shape index (κ2) is 4.38. The Morgan fingerprint density at radius 2 is 2.22 bits per heavy atom. The highest BCUT2D eigenvalue weighted by molar-refractivity contribution is 7.13. The highest BCUT2D eigenvalue weighted by Gasteiger charge is 2.13. The highest BCUT2D eigenvalue weighted by atomic mass is 32.1. The molecule has 0 spiro atoms. The third-order valence-electron chi connectivity index (χ3n) is 2.79. The predicted octanol–water partition coefficient (Wildman–Crippen LogP) is 3.80. The van der Waals surface area contributed by atoms with E-state index in [-0.39, 0.29) is 0 Å². The summed E-state index contributed by atoms with van der Waals surface area (Å²) in [6, 6.07) is 6.09. The van der Waals surface area contributed by atoms with Crippen LogP contribution in [0.3, 0.4) is 0 Å². The molecular formula is C14H13N3S. The number of nitrogens with zero attached hydrogens (tertiary/aromatic N) is 3. The molecule has 0 aliphatic rings. The minimum absolute atomic E-state index is 1.01. The maximum atomic E-state index is 4.63. The van der Waals surface area contributed by atoms with Crippen LogP contribution in [0.25, 0.3) is 22.2 Å². The van der Waals surface area contributed by atoms with E-state index in [1.54, 1.807) is 11.3 Å². The van der Waals surface area contributed by atoms with Gasteiger partial charge in [-0.1, -0.05) is 12.1 Å². The van der Waals surface area contributed by atoms with Crippen LogP contribution >= 0.6 is 11.3 Å². The summed E-state index contributed by atoms with van der Waals surface area (Å²) in [5, 5.41) is 7.61. The molecule has 0 unspecified atom stereocenters. The molecule has 0 aliphatic heterocycles. The van der Waals surface area contributed by atoms with E-state index in [1.807, 2.05) is 48.8 Å². The minimum atomic E-state index is 1.01. The number of thiazole rings is 1. The zero-order valence-corrected chi connectivity index (χ0v) is 11.1. The number of pyridine rings is 1. The summed E-state index contributed by atoms with van der Waals surface area (Å²) < 4.78 is 1.90. The van der Waals surface area contributed by atoms with Crippen molar-refractivity contribution in [1.29, 1.82) is 0 Å². The van der Waals surface area contributed by atoms with Gasteiger partial charge in [-0.25, -0.2) is 9.50 Å². The molecule has 0 fully saturated rings. The molecule has 3 heterocycles. The van der Waals surface area contributed by atoms with Gasteiger partial charge in [-0.05, 0) is 32.1 Å². The molecule has 0 bridgehead atoms. The minimum Gasteiger partial charge on any atom is -0.240 e. The Bertz CT molecular complexity index is 722. The van der Waals surface area contributed by atoms with Crippen molar-refractivity contribution in [3.63, 3.8) is 0 Å². The van der Waals surface area contributed by atoms with Gasteiger partial charge in [0, 0.05) is 11.6 Å². The molecule has 4 heteroatoms. The molecule has 3 aromatic rings. The molecule has 0 saturated heterocycles. The van der Waals surface area contributed by atoms with Crippen LogP contribution in [0.1, 0.15) is 18.3 Å². The zero-order chi connectivity index (χ0) is 12.5. The first-order valence-corrected chi connectivity index (χ1v) is 6.70. The molecule has 3 aromatic heterocycles. The molecule has 0 radical (unpaired) electrons. The van der Waals surface area contributed by atoms with Gasteiger partial charge in [-0.15, -0.1) is 11.3 Å². The number of hydrogen-bond acceptors (Lipinski definition) is 3. The highest BCUT2D eigenvalue weighted by Crippen LogP contribution is 2.30. The molecule has 90 valence electrons. The first kappa shape index (κ1) is 11.2. The fourth-order valence-corrected chi connectivity index (χ4v) is 2.92. The van der Waals surface area contributed by atoms with E-state index in [0.29, 0.717) is 0 Å². The molecular weight excluding hydrogens is 242 g/mol.